The molecule has 0 saturated heterocycles. The Morgan fingerprint density at radius 3 is 2.83 bits per heavy atom. The molecule has 0 aliphatic rings. The zero-order valence-corrected chi connectivity index (χ0v) is 7.11. The lowest BCUT2D eigenvalue weighted by atomic mass is 10.3. The predicted octanol–water partition coefficient (Wildman–Crippen LogP) is 0.592. The van der Waals surface area contributed by atoms with Crippen LogP contribution in [0.3, 0.4) is 0 Å². The van der Waals surface area contributed by atoms with Gasteiger partial charge in [-0.25, -0.2) is 0 Å². The van der Waals surface area contributed by atoms with E-state index < -0.39 is 0 Å². The maximum Gasteiger partial charge on any atom is 0.265 e. The molecule has 12 heavy (non-hydrogen) atoms. The highest BCUT2D eigenvalue weighted by Crippen LogP contribution is 2.06. The monoisotopic (exact) mass is 166 g/mol. The van der Waals surface area contributed by atoms with E-state index in [1.165, 1.54) is 0 Å². The molecule has 0 atom stereocenters. The van der Waals surface area contributed by atoms with Gasteiger partial charge in [0, 0.05) is 26.9 Å². The van der Waals surface area contributed by atoms with Crippen molar-refractivity contribution in [3.8, 4) is 6.07 Å². The molecule has 64 valence electrons. The average molecular weight is 166 g/mol. The van der Waals surface area contributed by atoms with Gasteiger partial charge in [-0.15, -0.1) is 0 Å². The first kappa shape index (κ1) is 8.53. The van der Waals surface area contributed by atoms with Crippen LogP contribution in [0.25, 0.3) is 0 Å². The summed E-state index contributed by atoms with van der Waals surface area (Å²) >= 11 is 0. The fourth-order valence-electron chi connectivity index (χ4n) is 0.692. The van der Waals surface area contributed by atoms with Gasteiger partial charge in [0.25, 0.3) is 5.95 Å². The molecule has 0 aliphatic carbocycles. The van der Waals surface area contributed by atoms with Gasteiger partial charge in [-0.2, -0.15) is 10.2 Å². The highest BCUT2D eigenvalue weighted by molar-refractivity contribution is 5.23. The van der Waals surface area contributed by atoms with Gasteiger partial charge in [0.15, 0.2) is 0 Å². The highest BCUT2D eigenvalue weighted by atomic mass is 16.5. The summed E-state index contributed by atoms with van der Waals surface area (Å²) in [6.45, 7) is 0. The Labute approximate surface area is 70.6 Å². The minimum Gasteiger partial charge on any atom is -0.344 e. The summed E-state index contributed by atoms with van der Waals surface area (Å²) in [5.74, 6) is 1.06. The van der Waals surface area contributed by atoms with Crippen molar-refractivity contribution in [2.45, 2.75) is 12.8 Å². The molecule has 1 aromatic rings. The van der Waals surface area contributed by atoms with Crippen LogP contribution in [0.15, 0.2) is 4.52 Å². The first-order valence-corrected chi connectivity index (χ1v) is 3.61. The molecule has 5 heteroatoms. The maximum atomic E-state index is 8.29. The molecular formula is C7H10N4O. The number of nitriles is 1. The number of hydrogen-bond donors (Lipinski definition) is 0. The van der Waals surface area contributed by atoms with E-state index in [0.29, 0.717) is 24.7 Å². The van der Waals surface area contributed by atoms with E-state index in [9.17, 15) is 0 Å². The summed E-state index contributed by atoms with van der Waals surface area (Å²) in [5, 5.41) is 12.0. The van der Waals surface area contributed by atoms with Gasteiger partial charge in [-0.05, 0) is 5.16 Å². The van der Waals surface area contributed by atoms with Gasteiger partial charge in [-0.1, -0.05) is 0 Å². The van der Waals surface area contributed by atoms with Crippen LogP contribution in [0, 0.1) is 11.3 Å². The number of rotatable bonds is 3. The first-order chi connectivity index (χ1) is 5.74. The predicted molar refractivity (Wildman–Crippen MR) is 42.6 cm³/mol. The van der Waals surface area contributed by atoms with Crippen molar-refractivity contribution in [1.29, 1.82) is 5.26 Å². The summed E-state index contributed by atoms with van der Waals surface area (Å²) < 4.78 is 4.87. The first-order valence-electron chi connectivity index (χ1n) is 3.61. The van der Waals surface area contributed by atoms with E-state index in [-0.39, 0.29) is 0 Å². The van der Waals surface area contributed by atoms with Crippen LogP contribution in [-0.4, -0.2) is 24.2 Å². The second-order valence-corrected chi connectivity index (χ2v) is 2.54. The molecule has 0 aromatic carbocycles. The van der Waals surface area contributed by atoms with E-state index in [1.54, 1.807) is 4.90 Å². The van der Waals surface area contributed by atoms with Crippen LogP contribution in [0.2, 0.25) is 0 Å². The molecule has 1 rings (SSSR count). The smallest absolute Gasteiger partial charge is 0.265 e. The van der Waals surface area contributed by atoms with Crippen molar-refractivity contribution in [2.24, 2.45) is 0 Å². The molecular weight excluding hydrogens is 156 g/mol. The van der Waals surface area contributed by atoms with E-state index in [0.717, 1.165) is 0 Å². The van der Waals surface area contributed by atoms with Crippen molar-refractivity contribution in [2.75, 3.05) is 19.0 Å². The molecule has 0 radical (unpaired) electrons. The number of nitrogens with zero attached hydrogens (tertiary/aromatic N) is 4. The number of anilines is 1. The van der Waals surface area contributed by atoms with E-state index in [2.05, 4.69) is 10.1 Å². The van der Waals surface area contributed by atoms with Gasteiger partial charge in [-0.3, -0.25) is 0 Å². The van der Waals surface area contributed by atoms with Crippen molar-refractivity contribution < 1.29 is 4.52 Å². The van der Waals surface area contributed by atoms with Crippen LogP contribution in [0.1, 0.15) is 12.3 Å². The van der Waals surface area contributed by atoms with Gasteiger partial charge >= 0.3 is 0 Å². The molecule has 1 heterocycles. The second-order valence-electron chi connectivity index (χ2n) is 2.54. The van der Waals surface area contributed by atoms with Crippen LogP contribution in [-0.2, 0) is 6.42 Å². The molecule has 0 bridgehead atoms. The van der Waals surface area contributed by atoms with Gasteiger partial charge in [0.1, 0.15) is 0 Å². The Kier molecular flexibility index (Phi) is 2.64. The molecule has 0 amide bonds. The molecule has 0 saturated carbocycles. The standard InChI is InChI=1S/C7H10N4O/c1-11(2)7-9-6(12-10-7)4-3-5-8/h3-4H2,1-2H3. The fraction of sp³-hybridized carbons (Fsp3) is 0.571. The lowest BCUT2D eigenvalue weighted by molar-refractivity contribution is 0.379. The van der Waals surface area contributed by atoms with E-state index in [4.69, 9.17) is 9.78 Å². The quantitative estimate of drug-likeness (QED) is 0.657. The lowest BCUT2D eigenvalue weighted by Crippen LogP contribution is -2.10. The second kappa shape index (κ2) is 3.72. The topological polar surface area (TPSA) is 66.0 Å². The largest absolute Gasteiger partial charge is 0.344 e. The fourth-order valence-corrected chi connectivity index (χ4v) is 0.692. The van der Waals surface area contributed by atoms with Crippen LogP contribution >= 0.6 is 0 Å². The van der Waals surface area contributed by atoms with Crippen LogP contribution in [0.4, 0.5) is 5.95 Å². The Morgan fingerprint density at radius 1 is 1.58 bits per heavy atom. The summed E-state index contributed by atoms with van der Waals surface area (Å²) in [4.78, 5) is 5.79. The SMILES string of the molecule is CN(C)c1noc(CCC#N)n1. The number of hydrogen-bond acceptors (Lipinski definition) is 5. The van der Waals surface area contributed by atoms with Gasteiger partial charge in [0.2, 0.25) is 5.89 Å². The Hall–Kier alpha value is -1.57. The molecule has 5 nitrogen and oxygen atoms in total. The third-order valence-corrected chi connectivity index (χ3v) is 1.31. The maximum absolute atomic E-state index is 8.29. The molecule has 1 aromatic heterocycles. The molecule has 0 fully saturated rings. The van der Waals surface area contributed by atoms with Crippen molar-refractivity contribution in [3.05, 3.63) is 5.89 Å². The van der Waals surface area contributed by atoms with Crippen LogP contribution in [0.5, 0.6) is 0 Å². The normalized spacial score (nSPS) is 9.42. The van der Waals surface area contributed by atoms with Gasteiger partial charge < -0.3 is 9.42 Å². The molecule has 0 N–H and O–H groups in total. The third-order valence-electron chi connectivity index (χ3n) is 1.31. The molecule has 0 aliphatic heterocycles. The van der Waals surface area contributed by atoms with E-state index in [1.807, 2.05) is 20.2 Å². The van der Waals surface area contributed by atoms with E-state index >= 15 is 0 Å². The average Bonchev–Trinajstić information content (AvgIpc) is 2.48. The Bertz CT molecular complexity index is 286. The lowest BCUT2D eigenvalue weighted by Gasteiger charge is -2.02. The third kappa shape index (κ3) is 1.95. The molecule has 0 unspecified atom stereocenters. The number of aromatic nitrogens is 2. The summed E-state index contributed by atoms with van der Waals surface area (Å²) in [6.07, 6.45) is 0.937. The minimum atomic E-state index is 0.412. The highest BCUT2D eigenvalue weighted by Gasteiger charge is 2.06. The summed E-state index contributed by atoms with van der Waals surface area (Å²) in [5.41, 5.74) is 0. The molecule has 0 spiro atoms. The Morgan fingerprint density at radius 2 is 2.33 bits per heavy atom. The summed E-state index contributed by atoms with van der Waals surface area (Å²) in [6, 6.07) is 2.01. The van der Waals surface area contributed by atoms with Crippen molar-refractivity contribution >= 4 is 5.95 Å². The Balaban J connectivity index is 2.59. The van der Waals surface area contributed by atoms with Crippen molar-refractivity contribution in [1.82, 2.24) is 10.1 Å². The minimum absolute atomic E-state index is 0.412. The zero-order chi connectivity index (χ0) is 8.97. The zero-order valence-electron chi connectivity index (χ0n) is 7.11. The number of aryl methyl sites for hydroxylation is 1. The van der Waals surface area contributed by atoms with Crippen LogP contribution < -0.4 is 4.90 Å². The summed E-state index contributed by atoms with van der Waals surface area (Å²) in [7, 11) is 3.66. The van der Waals surface area contributed by atoms with Gasteiger partial charge in [0.05, 0.1) is 6.07 Å². The van der Waals surface area contributed by atoms with Crippen molar-refractivity contribution in [3.63, 3.8) is 0 Å².